The van der Waals surface area contributed by atoms with Crippen molar-refractivity contribution in [2.45, 2.75) is 6.92 Å². The number of hydrogen-bond donors (Lipinski definition) is 1. The molecule has 0 bridgehead atoms. The average molecular weight is 419 g/mol. The summed E-state index contributed by atoms with van der Waals surface area (Å²) in [5.74, 6) is 0.0174. The lowest BCUT2D eigenvalue weighted by Crippen LogP contribution is -3.00. The summed E-state index contributed by atoms with van der Waals surface area (Å²) in [5.41, 5.74) is 2.87. The van der Waals surface area contributed by atoms with Gasteiger partial charge < -0.3 is 22.3 Å². The highest BCUT2D eigenvalue weighted by Gasteiger charge is 2.10. The van der Waals surface area contributed by atoms with Crippen LogP contribution in [0.2, 0.25) is 0 Å². The monoisotopic (exact) mass is 418 g/mol. The molecule has 128 valence electrons. The van der Waals surface area contributed by atoms with Gasteiger partial charge in [-0.25, -0.2) is 4.98 Å². The van der Waals surface area contributed by atoms with Crippen LogP contribution >= 0.6 is 11.3 Å². The Morgan fingerprint density at radius 3 is 2.56 bits per heavy atom. The first kappa shape index (κ1) is 18.8. The highest BCUT2D eigenvalue weighted by Crippen LogP contribution is 2.29. The van der Waals surface area contributed by atoms with E-state index in [0.29, 0.717) is 22.0 Å². The van der Waals surface area contributed by atoms with E-state index in [0.717, 1.165) is 5.69 Å². The van der Waals surface area contributed by atoms with Gasteiger partial charge in [-0.2, -0.15) is 0 Å². The van der Waals surface area contributed by atoms with Crippen molar-refractivity contribution in [2.75, 3.05) is 5.32 Å². The molecule has 0 fully saturated rings. The number of nitro benzene ring substituents is 1. The molecule has 1 heterocycles. The van der Waals surface area contributed by atoms with Crippen molar-refractivity contribution in [3.63, 3.8) is 0 Å². The second-order valence-corrected chi connectivity index (χ2v) is 5.96. The summed E-state index contributed by atoms with van der Waals surface area (Å²) >= 11 is 1.40. The van der Waals surface area contributed by atoms with Crippen molar-refractivity contribution >= 4 is 33.6 Å². The molecule has 0 radical (unpaired) electrons. The number of aromatic nitrogens is 1. The summed E-state index contributed by atoms with van der Waals surface area (Å²) in [4.78, 5) is 26.2. The summed E-state index contributed by atoms with van der Waals surface area (Å²) in [6.45, 7) is 1.52. The Kier molecular flexibility index (Phi) is 6.00. The van der Waals surface area contributed by atoms with Crippen molar-refractivity contribution in [3.05, 3.63) is 69.6 Å². The van der Waals surface area contributed by atoms with E-state index in [-0.39, 0.29) is 28.5 Å². The summed E-state index contributed by atoms with van der Waals surface area (Å²) < 4.78 is 0. The maximum absolute atomic E-state index is 11.3. The number of nitrogens with one attached hydrogen (secondary N) is 1. The van der Waals surface area contributed by atoms with Gasteiger partial charge in [0.25, 0.3) is 5.69 Å². The molecule has 0 saturated carbocycles. The normalized spacial score (nSPS) is 9.96. The number of nitrogens with zero attached hydrogens (tertiary/aromatic N) is 2. The maximum atomic E-state index is 11.3. The molecule has 1 aromatic heterocycles. The Morgan fingerprint density at radius 1 is 1.20 bits per heavy atom. The number of carbonyl (C=O) groups excluding carboxylic acids is 1. The predicted molar refractivity (Wildman–Crippen MR) is 93.9 cm³/mol. The third kappa shape index (κ3) is 4.49. The van der Waals surface area contributed by atoms with Crippen LogP contribution in [0.3, 0.4) is 0 Å². The Labute approximate surface area is 158 Å². The number of halogens is 1. The number of hydrogen-bond acceptors (Lipinski definition) is 6. The largest absolute Gasteiger partial charge is 1.00 e. The molecule has 1 N–H and O–H groups in total. The molecule has 0 amide bonds. The van der Waals surface area contributed by atoms with Gasteiger partial charge >= 0.3 is 0 Å². The first-order chi connectivity index (χ1) is 11.5. The Hall–Kier alpha value is -2.58. The number of carbonyl (C=O) groups is 1. The Morgan fingerprint density at radius 2 is 1.92 bits per heavy atom. The minimum absolute atomic E-state index is 0. The lowest BCUT2D eigenvalue weighted by molar-refractivity contribution is -0.384. The minimum atomic E-state index is -0.425. The van der Waals surface area contributed by atoms with Gasteiger partial charge in [-0.15, -0.1) is 11.3 Å². The van der Waals surface area contributed by atoms with Crippen LogP contribution in [-0.2, 0) is 0 Å². The van der Waals surface area contributed by atoms with Crippen LogP contribution in [0.4, 0.5) is 16.5 Å². The zero-order valence-corrected chi connectivity index (χ0v) is 15.5. The van der Waals surface area contributed by atoms with Crippen LogP contribution in [-0.4, -0.2) is 15.7 Å². The van der Waals surface area contributed by atoms with E-state index < -0.39 is 4.92 Å². The number of non-ortho nitro benzene ring substituents is 1. The van der Waals surface area contributed by atoms with Crippen LogP contribution < -0.4 is 22.3 Å². The number of rotatable bonds is 5. The number of ketones is 1. The molecule has 6 nitrogen and oxygen atoms in total. The van der Waals surface area contributed by atoms with Gasteiger partial charge in [0.1, 0.15) is 0 Å². The molecule has 0 saturated heterocycles. The van der Waals surface area contributed by atoms with E-state index in [2.05, 4.69) is 10.3 Å². The number of Topliss-reactive ketones (excluding diaryl/α,β-unsaturated/α-hetero) is 1. The Bertz CT molecular complexity index is 910. The molecule has 25 heavy (non-hydrogen) atoms. The Balaban J connectivity index is 0.00000225. The van der Waals surface area contributed by atoms with Crippen LogP contribution in [0, 0.1) is 10.1 Å². The first-order valence-corrected chi connectivity index (χ1v) is 7.99. The van der Waals surface area contributed by atoms with Gasteiger partial charge in [-0.3, -0.25) is 14.9 Å². The van der Waals surface area contributed by atoms with Gasteiger partial charge in [0, 0.05) is 34.3 Å². The number of thiazole rings is 1. The molecular weight excluding hydrogens is 406 g/mol. The van der Waals surface area contributed by atoms with Crippen molar-refractivity contribution in [2.24, 2.45) is 0 Å². The quantitative estimate of drug-likeness (QED) is 0.387. The fourth-order valence-electron chi connectivity index (χ4n) is 2.15. The van der Waals surface area contributed by atoms with Gasteiger partial charge in [0.15, 0.2) is 10.9 Å². The molecule has 8 heteroatoms. The molecular formula is C17H13BrN3O3S-. The zero-order valence-electron chi connectivity index (χ0n) is 13.1. The average Bonchev–Trinajstić information content (AvgIpc) is 3.04. The van der Waals surface area contributed by atoms with E-state index >= 15 is 0 Å². The SMILES string of the molecule is CC(=O)c1ccc(Nc2nc(-c3cccc([N+](=O)[O-])c3)cs2)cc1.[Br-]. The maximum Gasteiger partial charge on any atom is 0.270 e. The van der Waals surface area contributed by atoms with E-state index in [4.69, 9.17) is 0 Å². The molecule has 0 aliphatic rings. The highest BCUT2D eigenvalue weighted by atomic mass is 79.9. The summed E-state index contributed by atoms with van der Waals surface area (Å²) in [7, 11) is 0. The third-order valence-corrected chi connectivity index (χ3v) is 4.16. The second kappa shape index (κ2) is 8.00. The van der Waals surface area contributed by atoms with Crippen molar-refractivity contribution in [3.8, 4) is 11.3 Å². The molecule has 3 rings (SSSR count). The van der Waals surface area contributed by atoms with Crippen molar-refractivity contribution < 1.29 is 26.7 Å². The number of nitro groups is 1. The minimum Gasteiger partial charge on any atom is -1.00 e. The molecule has 0 aliphatic carbocycles. The molecule has 2 aromatic carbocycles. The summed E-state index contributed by atoms with van der Waals surface area (Å²) in [6, 6.07) is 13.5. The third-order valence-electron chi connectivity index (χ3n) is 3.40. The molecule has 0 aliphatic heterocycles. The zero-order chi connectivity index (χ0) is 17.1. The van der Waals surface area contributed by atoms with E-state index in [9.17, 15) is 14.9 Å². The second-order valence-electron chi connectivity index (χ2n) is 5.10. The molecule has 3 aromatic rings. The molecule has 0 unspecified atom stereocenters. The van der Waals surface area contributed by atoms with Crippen molar-refractivity contribution in [1.82, 2.24) is 4.98 Å². The first-order valence-electron chi connectivity index (χ1n) is 7.11. The highest BCUT2D eigenvalue weighted by molar-refractivity contribution is 7.14. The van der Waals surface area contributed by atoms with Crippen LogP contribution in [0.1, 0.15) is 17.3 Å². The van der Waals surface area contributed by atoms with Gasteiger partial charge in [0.05, 0.1) is 10.6 Å². The number of benzene rings is 2. The van der Waals surface area contributed by atoms with Crippen LogP contribution in [0.25, 0.3) is 11.3 Å². The lowest BCUT2D eigenvalue weighted by atomic mass is 10.1. The summed E-state index contributed by atoms with van der Waals surface area (Å²) in [5, 5.41) is 16.5. The topological polar surface area (TPSA) is 85.1 Å². The standard InChI is InChI=1S/C17H13N3O3S.BrH/c1-11(21)12-5-7-14(8-6-12)18-17-19-16(10-24-17)13-3-2-4-15(9-13)20(22)23;/h2-10H,1H3,(H,18,19);1H/p-1. The predicted octanol–water partition coefficient (Wildman–Crippen LogP) is 1.67. The smallest absolute Gasteiger partial charge is 0.270 e. The van der Waals surface area contributed by atoms with E-state index in [1.807, 2.05) is 17.5 Å². The van der Waals surface area contributed by atoms with E-state index in [1.165, 1.54) is 30.4 Å². The molecule has 0 atom stereocenters. The fraction of sp³-hybridized carbons (Fsp3) is 0.0588. The summed E-state index contributed by atoms with van der Waals surface area (Å²) in [6.07, 6.45) is 0. The van der Waals surface area contributed by atoms with Crippen molar-refractivity contribution in [1.29, 1.82) is 0 Å². The lowest BCUT2D eigenvalue weighted by Gasteiger charge is -2.03. The van der Waals surface area contributed by atoms with Crippen LogP contribution in [0.15, 0.2) is 53.9 Å². The van der Waals surface area contributed by atoms with Gasteiger partial charge in [-0.05, 0) is 31.2 Å². The van der Waals surface area contributed by atoms with Crippen LogP contribution in [0.5, 0.6) is 0 Å². The van der Waals surface area contributed by atoms with E-state index in [1.54, 1.807) is 24.3 Å². The van der Waals surface area contributed by atoms with Gasteiger partial charge in [-0.1, -0.05) is 12.1 Å². The molecule has 0 spiro atoms. The number of anilines is 2. The van der Waals surface area contributed by atoms with Gasteiger partial charge in [0.2, 0.25) is 0 Å². The fourth-order valence-corrected chi connectivity index (χ4v) is 2.89.